The summed E-state index contributed by atoms with van der Waals surface area (Å²) in [5.74, 6) is 1.19. The van der Waals surface area contributed by atoms with Gasteiger partial charge in [0.2, 0.25) is 11.7 Å². The SMILES string of the molecule is N#Cc1ccc(CNc2cccc(N3CCCC3=O)c2)o1. The highest BCUT2D eigenvalue weighted by Gasteiger charge is 2.21. The molecule has 106 valence electrons. The van der Waals surface area contributed by atoms with Gasteiger partial charge in [-0.15, -0.1) is 0 Å². The number of benzene rings is 1. The van der Waals surface area contributed by atoms with Gasteiger partial charge >= 0.3 is 0 Å². The molecule has 0 unspecified atom stereocenters. The third-order valence-electron chi connectivity index (χ3n) is 3.47. The van der Waals surface area contributed by atoms with Crippen molar-refractivity contribution < 1.29 is 9.21 Å². The van der Waals surface area contributed by atoms with Crippen LogP contribution in [0.4, 0.5) is 11.4 Å². The Balaban J connectivity index is 1.68. The lowest BCUT2D eigenvalue weighted by Crippen LogP contribution is -2.23. The van der Waals surface area contributed by atoms with Crippen LogP contribution in [0.3, 0.4) is 0 Å². The summed E-state index contributed by atoms with van der Waals surface area (Å²) in [7, 11) is 0. The standard InChI is InChI=1S/C16H15N3O2/c17-10-14-6-7-15(21-14)11-18-12-3-1-4-13(9-12)19-8-2-5-16(19)20/h1,3-4,6-7,9,18H,2,5,8,11H2. The van der Waals surface area contributed by atoms with Crippen LogP contribution >= 0.6 is 0 Å². The molecular weight excluding hydrogens is 266 g/mol. The first kappa shape index (κ1) is 13.3. The second kappa shape index (κ2) is 5.71. The van der Waals surface area contributed by atoms with Gasteiger partial charge in [0.15, 0.2) is 0 Å². The maximum atomic E-state index is 11.8. The molecule has 1 N–H and O–H groups in total. The number of furan rings is 1. The van der Waals surface area contributed by atoms with Gasteiger partial charge in [-0.1, -0.05) is 6.07 Å². The Morgan fingerprint density at radius 2 is 2.24 bits per heavy atom. The van der Waals surface area contributed by atoms with E-state index in [2.05, 4.69) is 5.32 Å². The Bertz CT molecular complexity index is 700. The lowest BCUT2D eigenvalue weighted by molar-refractivity contribution is -0.117. The van der Waals surface area contributed by atoms with Crippen molar-refractivity contribution >= 4 is 17.3 Å². The van der Waals surface area contributed by atoms with Crippen LogP contribution in [-0.2, 0) is 11.3 Å². The zero-order valence-corrected chi connectivity index (χ0v) is 11.5. The maximum Gasteiger partial charge on any atom is 0.227 e. The summed E-state index contributed by atoms with van der Waals surface area (Å²) in [6.45, 7) is 1.28. The molecule has 2 aromatic rings. The molecule has 1 amide bonds. The van der Waals surface area contributed by atoms with Crippen LogP contribution in [-0.4, -0.2) is 12.5 Å². The van der Waals surface area contributed by atoms with Crippen LogP contribution in [0, 0.1) is 11.3 Å². The monoisotopic (exact) mass is 281 g/mol. The smallest absolute Gasteiger partial charge is 0.227 e. The van der Waals surface area contributed by atoms with Crippen molar-refractivity contribution in [2.24, 2.45) is 0 Å². The van der Waals surface area contributed by atoms with Gasteiger partial charge in [-0.2, -0.15) is 5.26 Å². The average Bonchev–Trinajstić information content (AvgIpc) is 3.14. The van der Waals surface area contributed by atoms with Crippen molar-refractivity contribution in [2.45, 2.75) is 19.4 Å². The Morgan fingerprint density at radius 3 is 2.95 bits per heavy atom. The summed E-state index contributed by atoms with van der Waals surface area (Å²) < 4.78 is 5.31. The second-order valence-corrected chi connectivity index (χ2v) is 4.93. The summed E-state index contributed by atoms with van der Waals surface area (Å²) >= 11 is 0. The molecule has 0 atom stereocenters. The van der Waals surface area contributed by atoms with Crippen molar-refractivity contribution in [1.82, 2.24) is 0 Å². The predicted molar refractivity (Wildman–Crippen MR) is 78.8 cm³/mol. The fraction of sp³-hybridized carbons (Fsp3) is 0.250. The summed E-state index contributed by atoms with van der Waals surface area (Å²) in [4.78, 5) is 13.6. The van der Waals surface area contributed by atoms with E-state index in [9.17, 15) is 4.79 Å². The van der Waals surface area contributed by atoms with Crippen LogP contribution in [0.15, 0.2) is 40.8 Å². The minimum absolute atomic E-state index is 0.178. The van der Waals surface area contributed by atoms with E-state index < -0.39 is 0 Å². The second-order valence-electron chi connectivity index (χ2n) is 4.93. The van der Waals surface area contributed by atoms with Gasteiger partial charge in [-0.3, -0.25) is 4.79 Å². The summed E-state index contributed by atoms with van der Waals surface area (Å²) in [6, 6.07) is 13.1. The Morgan fingerprint density at radius 1 is 1.33 bits per heavy atom. The largest absolute Gasteiger partial charge is 0.449 e. The molecule has 1 aliphatic rings. The minimum atomic E-state index is 0.178. The Kier molecular flexibility index (Phi) is 3.61. The molecule has 0 aliphatic carbocycles. The molecule has 1 fully saturated rings. The van der Waals surface area contributed by atoms with Gasteiger partial charge in [0.1, 0.15) is 11.8 Å². The summed E-state index contributed by atoms with van der Waals surface area (Å²) in [5, 5.41) is 12.0. The highest BCUT2D eigenvalue weighted by Crippen LogP contribution is 2.24. The molecule has 1 aromatic heterocycles. The van der Waals surface area contributed by atoms with Gasteiger partial charge in [-0.25, -0.2) is 0 Å². The molecule has 2 heterocycles. The molecule has 5 nitrogen and oxygen atoms in total. The fourth-order valence-corrected chi connectivity index (χ4v) is 2.43. The quantitative estimate of drug-likeness (QED) is 0.935. The summed E-state index contributed by atoms with van der Waals surface area (Å²) in [5.41, 5.74) is 1.83. The third-order valence-corrected chi connectivity index (χ3v) is 3.47. The molecule has 1 aliphatic heterocycles. The van der Waals surface area contributed by atoms with E-state index in [1.807, 2.05) is 35.2 Å². The number of nitrogens with one attached hydrogen (secondary N) is 1. The van der Waals surface area contributed by atoms with Crippen molar-refractivity contribution in [3.63, 3.8) is 0 Å². The zero-order valence-electron chi connectivity index (χ0n) is 11.5. The molecule has 5 heteroatoms. The number of anilines is 2. The van der Waals surface area contributed by atoms with E-state index in [1.54, 1.807) is 12.1 Å². The van der Waals surface area contributed by atoms with Crippen molar-refractivity contribution in [3.8, 4) is 6.07 Å². The Hall–Kier alpha value is -2.74. The Labute approximate surface area is 122 Å². The highest BCUT2D eigenvalue weighted by atomic mass is 16.3. The lowest BCUT2D eigenvalue weighted by Gasteiger charge is -2.16. The molecule has 0 spiro atoms. The third kappa shape index (κ3) is 2.90. The molecule has 0 saturated carbocycles. The van der Waals surface area contributed by atoms with E-state index in [-0.39, 0.29) is 5.91 Å². The van der Waals surface area contributed by atoms with Crippen molar-refractivity contribution in [1.29, 1.82) is 5.26 Å². The van der Waals surface area contributed by atoms with Crippen molar-refractivity contribution in [2.75, 3.05) is 16.8 Å². The van der Waals surface area contributed by atoms with Crippen molar-refractivity contribution in [3.05, 3.63) is 47.9 Å². The first-order valence-corrected chi connectivity index (χ1v) is 6.89. The molecule has 1 saturated heterocycles. The lowest BCUT2D eigenvalue weighted by atomic mass is 10.2. The van der Waals surface area contributed by atoms with E-state index in [1.165, 1.54) is 0 Å². The topological polar surface area (TPSA) is 69.3 Å². The normalized spacial score (nSPS) is 14.2. The van der Waals surface area contributed by atoms with Crippen LogP contribution in [0.5, 0.6) is 0 Å². The first-order chi connectivity index (χ1) is 10.3. The average molecular weight is 281 g/mol. The molecule has 0 bridgehead atoms. The fourth-order valence-electron chi connectivity index (χ4n) is 2.43. The van der Waals surface area contributed by atoms with Gasteiger partial charge in [-0.05, 0) is 36.8 Å². The van der Waals surface area contributed by atoms with Gasteiger partial charge < -0.3 is 14.6 Å². The van der Waals surface area contributed by atoms with Crippen LogP contribution in [0.25, 0.3) is 0 Å². The van der Waals surface area contributed by atoms with E-state index in [0.29, 0.717) is 24.5 Å². The van der Waals surface area contributed by atoms with Gasteiger partial charge in [0.25, 0.3) is 0 Å². The van der Waals surface area contributed by atoms with Gasteiger partial charge in [0, 0.05) is 24.3 Å². The van der Waals surface area contributed by atoms with Gasteiger partial charge in [0.05, 0.1) is 6.54 Å². The summed E-state index contributed by atoms with van der Waals surface area (Å²) in [6.07, 6.45) is 1.54. The number of amides is 1. The number of rotatable bonds is 4. The highest BCUT2D eigenvalue weighted by molar-refractivity contribution is 5.95. The maximum absolute atomic E-state index is 11.8. The van der Waals surface area contributed by atoms with E-state index >= 15 is 0 Å². The van der Waals surface area contributed by atoms with E-state index in [4.69, 9.17) is 9.68 Å². The molecule has 3 rings (SSSR count). The van der Waals surface area contributed by atoms with Crippen LogP contribution in [0.2, 0.25) is 0 Å². The molecule has 1 aromatic carbocycles. The molecule has 21 heavy (non-hydrogen) atoms. The molecule has 0 radical (unpaired) electrons. The number of nitriles is 1. The van der Waals surface area contributed by atoms with Crippen LogP contribution < -0.4 is 10.2 Å². The number of nitrogens with zero attached hydrogens (tertiary/aromatic N) is 2. The first-order valence-electron chi connectivity index (χ1n) is 6.89. The number of hydrogen-bond donors (Lipinski definition) is 1. The minimum Gasteiger partial charge on any atom is -0.449 e. The molecular formula is C16H15N3O2. The van der Waals surface area contributed by atoms with Crippen LogP contribution in [0.1, 0.15) is 24.4 Å². The zero-order chi connectivity index (χ0) is 14.7. The number of hydrogen-bond acceptors (Lipinski definition) is 4. The predicted octanol–water partition coefficient (Wildman–Crippen LogP) is 2.89. The number of carbonyl (C=O) groups is 1. The van der Waals surface area contributed by atoms with E-state index in [0.717, 1.165) is 24.3 Å². The number of carbonyl (C=O) groups excluding carboxylic acids is 1.